The third-order valence-electron chi connectivity index (χ3n) is 17.1. The van der Waals surface area contributed by atoms with Gasteiger partial charge in [0.25, 0.3) is 0 Å². The monoisotopic (exact) mass is 1370 g/mol. The van der Waals surface area contributed by atoms with Crippen molar-refractivity contribution in [3.8, 4) is 0 Å². The Labute approximate surface area is 568 Å². The SMILES string of the molecule is CC(C)CCCCCCCCCCCCCCCCCC(=O)O[C@H](COC(=O)CCCCCCCCCCCCCCC(C)C)COP(=O)(O)OCC(O)COP(=O)(O)OC[C@@H](COC(=O)CCCCCCCCCCC(C)C)OC(=O)CCCCCCCCC(C)C. The standard InChI is InChI=1S/C74H144O17P2/c1-64(2)50-42-34-26-20-16-12-10-9-11-13-19-23-31-40-48-56-73(78)90-69(60-84-71(76)54-46-38-29-22-18-15-14-17-21-27-35-43-51-65(3)4)62-88-92(80,81)86-58-68(75)59-87-93(82,83)89-63-70(91-74(79)57-49-41-33-32-37-45-53-67(7)8)61-85-72(77)55-47-39-30-25-24-28-36-44-52-66(5)6/h64-70,75H,9-63H2,1-8H3,(H,80,81)(H,82,83)/t68?,69-,70-/m1/s1. The zero-order valence-electron chi connectivity index (χ0n) is 60.9. The maximum absolute atomic E-state index is 13.1. The van der Waals surface area contributed by atoms with Crippen LogP contribution >= 0.6 is 15.6 Å². The number of aliphatic hydroxyl groups excluding tert-OH is 1. The Kier molecular flexibility index (Phi) is 62.2. The number of carbonyl (C=O) groups excluding carboxylic acids is 4. The van der Waals surface area contributed by atoms with Crippen molar-refractivity contribution < 1.29 is 80.2 Å². The molecule has 0 fully saturated rings. The van der Waals surface area contributed by atoms with Crippen LogP contribution in [-0.2, 0) is 65.4 Å². The predicted octanol–water partition coefficient (Wildman–Crippen LogP) is 21.3. The van der Waals surface area contributed by atoms with Crippen LogP contribution in [0, 0.1) is 23.7 Å². The molecule has 0 aliphatic rings. The van der Waals surface area contributed by atoms with Gasteiger partial charge in [0.05, 0.1) is 26.4 Å². The van der Waals surface area contributed by atoms with E-state index in [9.17, 15) is 43.2 Å². The Morgan fingerprint density at radius 3 is 0.667 bits per heavy atom. The van der Waals surface area contributed by atoms with Gasteiger partial charge in [0.2, 0.25) is 0 Å². The van der Waals surface area contributed by atoms with Gasteiger partial charge in [-0.2, -0.15) is 0 Å². The van der Waals surface area contributed by atoms with Crippen molar-refractivity contribution in [2.45, 2.75) is 388 Å². The van der Waals surface area contributed by atoms with Crippen LogP contribution < -0.4 is 0 Å². The molecule has 0 spiro atoms. The highest BCUT2D eigenvalue weighted by molar-refractivity contribution is 7.47. The van der Waals surface area contributed by atoms with Gasteiger partial charge in [-0.1, -0.05) is 319 Å². The predicted molar refractivity (Wildman–Crippen MR) is 377 cm³/mol. The molecule has 3 unspecified atom stereocenters. The number of unbranched alkanes of at least 4 members (excludes halogenated alkanes) is 37. The Morgan fingerprint density at radius 1 is 0.269 bits per heavy atom. The van der Waals surface area contributed by atoms with Crippen molar-refractivity contribution in [3.05, 3.63) is 0 Å². The van der Waals surface area contributed by atoms with Crippen molar-refractivity contribution >= 4 is 39.5 Å². The summed E-state index contributed by atoms with van der Waals surface area (Å²) < 4.78 is 68.4. The average Bonchev–Trinajstić information content (AvgIpc) is 3.63. The molecule has 19 heteroatoms. The lowest BCUT2D eigenvalue weighted by molar-refractivity contribution is -0.161. The fourth-order valence-electron chi connectivity index (χ4n) is 11.2. The lowest BCUT2D eigenvalue weighted by atomic mass is 10.0. The zero-order valence-corrected chi connectivity index (χ0v) is 62.7. The Morgan fingerprint density at radius 2 is 0.452 bits per heavy atom. The smallest absolute Gasteiger partial charge is 0.462 e. The summed E-state index contributed by atoms with van der Waals surface area (Å²) in [5.41, 5.74) is 0. The van der Waals surface area contributed by atoms with E-state index in [1.165, 1.54) is 173 Å². The zero-order chi connectivity index (χ0) is 68.9. The molecule has 0 saturated carbocycles. The van der Waals surface area contributed by atoms with E-state index in [0.29, 0.717) is 31.6 Å². The van der Waals surface area contributed by atoms with E-state index >= 15 is 0 Å². The molecule has 0 aromatic heterocycles. The molecular weight excluding hydrogens is 1220 g/mol. The van der Waals surface area contributed by atoms with Gasteiger partial charge in [0, 0.05) is 25.7 Å². The molecule has 0 aromatic carbocycles. The maximum Gasteiger partial charge on any atom is 0.472 e. The highest BCUT2D eigenvalue weighted by Crippen LogP contribution is 2.45. The lowest BCUT2D eigenvalue weighted by Gasteiger charge is -2.21. The largest absolute Gasteiger partial charge is 0.472 e. The molecule has 0 aliphatic carbocycles. The van der Waals surface area contributed by atoms with E-state index in [0.717, 1.165) is 108 Å². The Hall–Kier alpha value is -1.94. The molecule has 0 radical (unpaired) electrons. The molecule has 0 rings (SSSR count). The lowest BCUT2D eigenvalue weighted by Crippen LogP contribution is -2.30. The van der Waals surface area contributed by atoms with Crippen molar-refractivity contribution in [2.75, 3.05) is 39.6 Å². The summed E-state index contributed by atoms with van der Waals surface area (Å²) >= 11 is 0. The maximum atomic E-state index is 13.1. The third kappa shape index (κ3) is 68.4. The summed E-state index contributed by atoms with van der Waals surface area (Å²) in [7, 11) is -9.91. The van der Waals surface area contributed by atoms with Gasteiger partial charge in [-0.3, -0.25) is 37.3 Å². The van der Waals surface area contributed by atoms with Crippen LogP contribution in [0.3, 0.4) is 0 Å². The summed E-state index contributed by atoms with van der Waals surface area (Å²) in [6.45, 7) is 14.1. The normalized spacial score (nSPS) is 14.2. The fourth-order valence-corrected chi connectivity index (χ4v) is 12.8. The minimum absolute atomic E-state index is 0.101. The molecular formula is C74H144O17P2. The number of aliphatic hydroxyl groups is 1. The van der Waals surface area contributed by atoms with E-state index in [-0.39, 0.29) is 25.7 Å². The first kappa shape index (κ1) is 91.1. The number of phosphoric ester groups is 2. The molecule has 0 saturated heterocycles. The number of hydrogen-bond acceptors (Lipinski definition) is 15. The van der Waals surface area contributed by atoms with E-state index in [1.807, 2.05) is 0 Å². The first-order chi connectivity index (χ1) is 44.6. The number of carbonyl (C=O) groups is 4. The molecule has 0 heterocycles. The second kappa shape index (κ2) is 63.5. The van der Waals surface area contributed by atoms with Crippen molar-refractivity contribution in [1.29, 1.82) is 0 Å². The quantitative estimate of drug-likeness (QED) is 0.0222. The van der Waals surface area contributed by atoms with Gasteiger partial charge in [0.15, 0.2) is 12.2 Å². The molecule has 17 nitrogen and oxygen atoms in total. The highest BCUT2D eigenvalue weighted by Gasteiger charge is 2.30. The second-order valence-corrected chi connectivity index (χ2v) is 31.5. The number of phosphoric acid groups is 2. The average molecular weight is 1370 g/mol. The van der Waals surface area contributed by atoms with Crippen LogP contribution in [0.4, 0.5) is 0 Å². The van der Waals surface area contributed by atoms with Gasteiger partial charge in [-0.25, -0.2) is 9.13 Å². The van der Waals surface area contributed by atoms with Crippen LogP contribution in [0.1, 0.15) is 370 Å². The summed E-state index contributed by atoms with van der Waals surface area (Å²) in [6, 6.07) is 0. The number of esters is 4. The molecule has 552 valence electrons. The van der Waals surface area contributed by atoms with E-state index in [4.69, 9.17) is 37.0 Å². The molecule has 0 aromatic rings. The molecule has 0 bridgehead atoms. The van der Waals surface area contributed by atoms with E-state index in [1.54, 1.807) is 0 Å². The summed E-state index contributed by atoms with van der Waals surface area (Å²) in [5.74, 6) is 0.852. The molecule has 0 aliphatic heterocycles. The Balaban J connectivity index is 5.22. The van der Waals surface area contributed by atoms with Gasteiger partial charge < -0.3 is 33.8 Å². The molecule has 3 N–H and O–H groups in total. The first-order valence-electron chi connectivity index (χ1n) is 38.2. The number of rotatable bonds is 71. The van der Waals surface area contributed by atoms with Gasteiger partial charge in [0.1, 0.15) is 19.3 Å². The van der Waals surface area contributed by atoms with Crippen LogP contribution in [0.15, 0.2) is 0 Å². The third-order valence-corrected chi connectivity index (χ3v) is 19.0. The van der Waals surface area contributed by atoms with Crippen LogP contribution in [0.2, 0.25) is 0 Å². The summed E-state index contributed by atoms with van der Waals surface area (Å²) in [5, 5.41) is 10.6. The second-order valence-electron chi connectivity index (χ2n) is 28.6. The van der Waals surface area contributed by atoms with E-state index < -0.39 is 97.5 Å². The first-order valence-corrected chi connectivity index (χ1v) is 41.2. The van der Waals surface area contributed by atoms with Gasteiger partial charge in [-0.15, -0.1) is 0 Å². The number of hydrogen-bond donors (Lipinski definition) is 3. The number of ether oxygens (including phenoxy) is 4. The Bertz CT molecular complexity index is 1830. The van der Waals surface area contributed by atoms with Gasteiger partial charge >= 0.3 is 39.5 Å². The van der Waals surface area contributed by atoms with Crippen LogP contribution in [0.25, 0.3) is 0 Å². The van der Waals surface area contributed by atoms with Crippen molar-refractivity contribution in [2.24, 2.45) is 23.7 Å². The molecule has 0 amide bonds. The summed E-state index contributed by atoms with van der Waals surface area (Å²) in [6.07, 6.45) is 47.4. The minimum atomic E-state index is -4.96. The molecule has 93 heavy (non-hydrogen) atoms. The van der Waals surface area contributed by atoms with Crippen molar-refractivity contribution in [1.82, 2.24) is 0 Å². The fraction of sp³-hybridized carbons (Fsp3) is 0.946. The summed E-state index contributed by atoms with van der Waals surface area (Å²) in [4.78, 5) is 72.7. The highest BCUT2D eigenvalue weighted by atomic mass is 31.2. The topological polar surface area (TPSA) is 237 Å². The minimum Gasteiger partial charge on any atom is -0.462 e. The van der Waals surface area contributed by atoms with Crippen LogP contribution in [-0.4, -0.2) is 96.7 Å². The molecule has 5 atom stereocenters. The van der Waals surface area contributed by atoms with E-state index in [2.05, 4.69) is 55.4 Å². The van der Waals surface area contributed by atoms with Crippen LogP contribution in [0.5, 0.6) is 0 Å². The van der Waals surface area contributed by atoms with Crippen molar-refractivity contribution in [3.63, 3.8) is 0 Å². The van der Waals surface area contributed by atoms with Gasteiger partial charge in [-0.05, 0) is 49.4 Å².